The Morgan fingerprint density at radius 3 is 2.41 bits per heavy atom. The number of para-hydroxylation sites is 1. The number of ether oxygens (including phenoxy) is 1. The highest BCUT2D eigenvalue weighted by atomic mass is 32.2. The van der Waals surface area contributed by atoms with Gasteiger partial charge in [-0.2, -0.15) is 4.31 Å². The van der Waals surface area contributed by atoms with Gasteiger partial charge in [-0.3, -0.25) is 4.79 Å². The molecule has 1 amide bonds. The second kappa shape index (κ2) is 9.01. The summed E-state index contributed by atoms with van der Waals surface area (Å²) in [7, 11) is -2.04. The van der Waals surface area contributed by atoms with Crippen molar-refractivity contribution >= 4 is 21.6 Å². The number of methoxy groups -OCH3 is 1. The molecule has 0 saturated carbocycles. The van der Waals surface area contributed by atoms with E-state index in [4.69, 9.17) is 4.74 Å². The van der Waals surface area contributed by atoms with Crippen LogP contribution in [0.5, 0.6) is 5.75 Å². The summed E-state index contributed by atoms with van der Waals surface area (Å²) < 4.78 is 32.3. The zero-order chi connectivity index (χ0) is 20.0. The third kappa shape index (κ3) is 4.87. The smallest absolute Gasteiger partial charge is 0.243 e. The van der Waals surface area contributed by atoms with E-state index < -0.39 is 10.0 Å². The van der Waals surface area contributed by atoms with Crippen LogP contribution in [0.25, 0.3) is 0 Å². The summed E-state index contributed by atoms with van der Waals surface area (Å²) in [5.74, 6) is 0.399. The monoisotopic (exact) mass is 390 g/mol. The van der Waals surface area contributed by atoms with Crippen LogP contribution in [0, 0.1) is 6.92 Å². The van der Waals surface area contributed by atoms with Gasteiger partial charge in [0.05, 0.1) is 18.4 Å². The number of nitrogens with zero attached hydrogens (tertiary/aromatic N) is 1. The molecule has 0 spiro atoms. The molecule has 7 heteroatoms. The maximum Gasteiger partial charge on any atom is 0.243 e. The van der Waals surface area contributed by atoms with Crippen molar-refractivity contribution in [2.45, 2.75) is 32.1 Å². The Kier molecular flexibility index (Phi) is 6.98. The third-order valence-corrected chi connectivity index (χ3v) is 6.53. The van der Waals surface area contributed by atoms with Crippen LogP contribution in [0.2, 0.25) is 0 Å². The van der Waals surface area contributed by atoms with Crippen molar-refractivity contribution in [3.8, 4) is 5.75 Å². The van der Waals surface area contributed by atoms with Crippen LogP contribution in [0.4, 0.5) is 5.69 Å². The molecule has 0 saturated heterocycles. The topological polar surface area (TPSA) is 75.7 Å². The zero-order valence-electron chi connectivity index (χ0n) is 16.2. The molecule has 0 radical (unpaired) electrons. The summed E-state index contributed by atoms with van der Waals surface area (Å²) >= 11 is 0. The molecular weight excluding hydrogens is 364 g/mol. The third-order valence-electron chi connectivity index (χ3n) is 4.34. The number of carbonyl (C=O) groups is 1. The minimum Gasteiger partial charge on any atom is -0.496 e. The van der Waals surface area contributed by atoms with Gasteiger partial charge in [0.2, 0.25) is 15.9 Å². The standard InChI is InChI=1S/C20H26N2O4S/c1-5-22(6-2)27(24,25)19-14-17(12-11-15(19)3)21-20(23)13-16-9-7-8-10-18(16)26-4/h7-12,14H,5-6,13H2,1-4H3,(H,21,23). The number of hydrogen-bond donors (Lipinski definition) is 1. The lowest BCUT2D eigenvalue weighted by atomic mass is 10.1. The van der Waals surface area contributed by atoms with E-state index in [0.29, 0.717) is 30.1 Å². The second-order valence-corrected chi connectivity index (χ2v) is 8.01. The van der Waals surface area contributed by atoms with Gasteiger partial charge in [0, 0.05) is 24.3 Å². The van der Waals surface area contributed by atoms with E-state index in [9.17, 15) is 13.2 Å². The lowest BCUT2D eigenvalue weighted by Gasteiger charge is -2.20. The van der Waals surface area contributed by atoms with Crippen molar-refractivity contribution in [1.29, 1.82) is 0 Å². The molecule has 0 aliphatic carbocycles. The highest BCUT2D eigenvalue weighted by Gasteiger charge is 2.24. The first-order valence-electron chi connectivity index (χ1n) is 8.86. The zero-order valence-corrected chi connectivity index (χ0v) is 17.0. The van der Waals surface area contributed by atoms with Crippen LogP contribution in [-0.4, -0.2) is 38.8 Å². The van der Waals surface area contributed by atoms with Gasteiger partial charge >= 0.3 is 0 Å². The van der Waals surface area contributed by atoms with E-state index in [1.165, 1.54) is 10.4 Å². The molecule has 0 atom stereocenters. The largest absolute Gasteiger partial charge is 0.496 e. The van der Waals surface area contributed by atoms with Crippen LogP contribution < -0.4 is 10.1 Å². The van der Waals surface area contributed by atoms with Crippen LogP contribution in [0.15, 0.2) is 47.4 Å². The Morgan fingerprint density at radius 2 is 1.78 bits per heavy atom. The number of sulfonamides is 1. The number of aryl methyl sites for hydroxylation is 1. The number of rotatable bonds is 8. The normalized spacial score (nSPS) is 11.4. The lowest BCUT2D eigenvalue weighted by molar-refractivity contribution is -0.115. The van der Waals surface area contributed by atoms with Crippen molar-refractivity contribution < 1.29 is 17.9 Å². The predicted octanol–water partition coefficient (Wildman–Crippen LogP) is 3.22. The van der Waals surface area contributed by atoms with Gasteiger partial charge < -0.3 is 10.1 Å². The summed E-state index contributed by atoms with van der Waals surface area (Å²) in [5.41, 5.74) is 1.86. The maximum atomic E-state index is 12.8. The second-order valence-electron chi connectivity index (χ2n) is 6.11. The molecule has 6 nitrogen and oxygen atoms in total. The van der Waals surface area contributed by atoms with Crippen molar-refractivity contribution in [2.24, 2.45) is 0 Å². The van der Waals surface area contributed by atoms with E-state index in [-0.39, 0.29) is 17.2 Å². The molecule has 0 aliphatic rings. The summed E-state index contributed by atoms with van der Waals surface area (Å²) in [6.45, 7) is 6.13. The first-order valence-corrected chi connectivity index (χ1v) is 10.3. The molecule has 146 valence electrons. The highest BCUT2D eigenvalue weighted by Crippen LogP contribution is 2.24. The van der Waals surface area contributed by atoms with Crippen molar-refractivity contribution in [3.05, 3.63) is 53.6 Å². The van der Waals surface area contributed by atoms with Crippen molar-refractivity contribution in [1.82, 2.24) is 4.31 Å². The summed E-state index contributed by atoms with van der Waals surface area (Å²) in [6.07, 6.45) is 0.135. The average Bonchev–Trinajstić information content (AvgIpc) is 2.64. The Hall–Kier alpha value is -2.38. The van der Waals surface area contributed by atoms with Gasteiger partial charge in [-0.1, -0.05) is 38.1 Å². The van der Waals surface area contributed by atoms with Crippen molar-refractivity contribution in [3.63, 3.8) is 0 Å². The number of benzene rings is 2. The predicted molar refractivity (Wildman–Crippen MR) is 107 cm³/mol. The molecule has 2 aromatic rings. The first-order chi connectivity index (χ1) is 12.8. The van der Waals surface area contributed by atoms with E-state index in [2.05, 4.69) is 5.32 Å². The molecular formula is C20H26N2O4S. The van der Waals surface area contributed by atoms with Gasteiger partial charge in [-0.15, -0.1) is 0 Å². The van der Waals surface area contributed by atoms with Crippen LogP contribution in [0.1, 0.15) is 25.0 Å². The molecule has 0 heterocycles. The van der Waals surface area contributed by atoms with Gasteiger partial charge in [-0.05, 0) is 30.7 Å². The average molecular weight is 391 g/mol. The SMILES string of the molecule is CCN(CC)S(=O)(=O)c1cc(NC(=O)Cc2ccccc2OC)ccc1C. The van der Waals surface area contributed by atoms with Gasteiger partial charge in [0.15, 0.2) is 0 Å². The summed E-state index contributed by atoms with van der Waals surface area (Å²) in [4.78, 5) is 12.6. The number of carbonyl (C=O) groups excluding carboxylic acids is 1. The van der Waals surface area contributed by atoms with E-state index >= 15 is 0 Å². The van der Waals surface area contributed by atoms with Gasteiger partial charge in [-0.25, -0.2) is 8.42 Å². The van der Waals surface area contributed by atoms with Crippen LogP contribution >= 0.6 is 0 Å². The molecule has 0 fully saturated rings. The van der Waals surface area contributed by atoms with Crippen LogP contribution in [-0.2, 0) is 21.2 Å². The molecule has 2 rings (SSSR count). The Balaban J connectivity index is 2.24. The minimum absolute atomic E-state index is 0.135. The first kappa shape index (κ1) is 20.9. The fourth-order valence-corrected chi connectivity index (χ4v) is 4.59. The number of nitrogens with one attached hydrogen (secondary N) is 1. The van der Waals surface area contributed by atoms with Crippen LogP contribution in [0.3, 0.4) is 0 Å². The molecule has 0 aliphatic heterocycles. The molecule has 1 N–H and O–H groups in total. The quantitative estimate of drug-likeness (QED) is 0.751. The molecule has 27 heavy (non-hydrogen) atoms. The van der Waals surface area contributed by atoms with Gasteiger partial charge in [0.1, 0.15) is 5.75 Å². The molecule has 0 aromatic heterocycles. The van der Waals surface area contributed by atoms with E-state index in [0.717, 1.165) is 5.56 Å². The summed E-state index contributed by atoms with van der Waals surface area (Å²) in [5, 5.41) is 2.78. The van der Waals surface area contributed by atoms with Gasteiger partial charge in [0.25, 0.3) is 0 Å². The maximum absolute atomic E-state index is 12.8. The number of anilines is 1. The fourth-order valence-electron chi connectivity index (χ4n) is 2.89. The Bertz CT molecular complexity index is 906. The molecule has 0 bridgehead atoms. The lowest BCUT2D eigenvalue weighted by Crippen LogP contribution is -2.31. The fraction of sp³-hybridized carbons (Fsp3) is 0.350. The molecule has 2 aromatic carbocycles. The summed E-state index contributed by atoms with van der Waals surface area (Å²) in [6, 6.07) is 12.2. The van der Waals surface area contributed by atoms with E-state index in [1.807, 2.05) is 18.2 Å². The molecule has 0 unspecified atom stereocenters. The van der Waals surface area contributed by atoms with Crippen molar-refractivity contribution in [2.75, 3.05) is 25.5 Å². The highest BCUT2D eigenvalue weighted by molar-refractivity contribution is 7.89. The number of amides is 1. The Morgan fingerprint density at radius 1 is 1.11 bits per heavy atom. The minimum atomic E-state index is -3.60. The van der Waals surface area contributed by atoms with E-state index in [1.54, 1.807) is 46.1 Å². The number of hydrogen-bond acceptors (Lipinski definition) is 4. The Labute approximate surface area is 161 Å².